The molecule has 2 aromatic rings. The molecule has 0 atom stereocenters. The molecule has 112 valence electrons. The van der Waals surface area contributed by atoms with Gasteiger partial charge in [-0.3, -0.25) is 0 Å². The summed E-state index contributed by atoms with van der Waals surface area (Å²) in [6.07, 6.45) is 0. The molecule has 0 aliphatic rings. The molecule has 0 amide bonds. The summed E-state index contributed by atoms with van der Waals surface area (Å²) in [5.41, 5.74) is 2.64. The molecule has 0 heterocycles. The average Bonchev–Trinajstić information content (AvgIpc) is 2.36. The van der Waals surface area contributed by atoms with E-state index in [9.17, 15) is 8.42 Å². The van der Waals surface area contributed by atoms with Gasteiger partial charge < -0.3 is 8.92 Å². The molecule has 4 nitrogen and oxygen atoms in total. The van der Waals surface area contributed by atoms with E-state index in [1.165, 1.54) is 12.1 Å². The molecule has 0 fully saturated rings. The highest BCUT2D eigenvalue weighted by atomic mass is 32.2. The van der Waals surface area contributed by atoms with E-state index in [2.05, 4.69) is 0 Å². The van der Waals surface area contributed by atoms with Crippen molar-refractivity contribution >= 4 is 10.1 Å². The van der Waals surface area contributed by atoms with Crippen molar-refractivity contribution in [3.8, 4) is 11.5 Å². The maximum absolute atomic E-state index is 12.3. The number of ether oxygens (including phenoxy) is 1. The van der Waals surface area contributed by atoms with E-state index in [1.54, 1.807) is 32.2 Å². The highest BCUT2D eigenvalue weighted by molar-refractivity contribution is 7.87. The van der Waals surface area contributed by atoms with Crippen LogP contribution < -0.4 is 8.92 Å². The van der Waals surface area contributed by atoms with Crippen LogP contribution in [0.25, 0.3) is 0 Å². The molecule has 0 N–H and O–H groups in total. The van der Waals surface area contributed by atoms with E-state index in [0.29, 0.717) is 11.5 Å². The van der Waals surface area contributed by atoms with Gasteiger partial charge in [0.1, 0.15) is 16.4 Å². The van der Waals surface area contributed by atoms with Gasteiger partial charge in [0.05, 0.1) is 7.11 Å². The first-order valence-corrected chi connectivity index (χ1v) is 7.90. The topological polar surface area (TPSA) is 52.6 Å². The molecule has 0 spiro atoms. The summed E-state index contributed by atoms with van der Waals surface area (Å²) < 4.78 is 35.0. The second-order valence-electron chi connectivity index (χ2n) is 4.99. The van der Waals surface area contributed by atoms with E-state index in [4.69, 9.17) is 8.92 Å². The van der Waals surface area contributed by atoms with Crippen LogP contribution in [0.1, 0.15) is 16.7 Å². The van der Waals surface area contributed by atoms with Crippen LogP contribution >= 0.6 is 0 Å². The van der Waals surface area contributed by atoms with E-state index >= 15 is 0 Å². The fourth-order valence-corrected chi connectivity index (χ4v) is 3.16. The molecule has 0 radical (unpaired) electrons. The minimum atomic E-state index is -3.85. The zero-order valence-electron chi connectivity index (χ0n) is 12.5. The monoisotopic (exact) mass is 306 g/mol. The highest BCUT2D eigenvalue weighted by Gasteiger charge is 2.18. The smallest absolute Gasteiger partial charge is 0.339 e. The van der Waals surface area contributed by atoms with Crippen LogP contribution in [-0.2, 0) is 10.1 Å². The maximum atomic E-state index is 12.3. The molecule has 0 aromatic heterocycles. The van der Waals surface area contributed by atoms with Gasteiger partial charge in [-0.15, -0.1) is 0 Å². The molecule has 0 unspecified atom stereocenters. The van der Waals surface area contributed by atoms with Gasteiger partial charge in [-0.25, -0.2) is 0 Å². The van der Waals surface area contributed by atoms with Gasteiger partial charge in [0.2, 0.25) is 0 Å². The third-order valence-electron chi connectivity index (χ3n) is 3.06. The van der Waals surface area contributed by atoms with Gasteiger partial charge in [-0.1, -0.05) is 6.07 Å². The normalized spacial score (nSPS) is 11.2. The lowest BCUT2D eigenvalue weighted by atomic mass is 10.1. The van der Waals surface area contributed by atoms with Gasteiger partial charge in [0.15, 0.2) is 0 Å². The molecular formula is C16H18O4S. The number of benzene rings is 2. The minimum Gasteiger partial charge on any atom is -0.496 e. The Bertz CT molecular complexity index is 744. The van der Waals surface area contributed by atoms with Crippen LogP contribution in [0, 0.1) is 20.8 Å². The van der Waals surface area contributed by atoms with Crippen molar-refractivity contribution in [3.05, 3.63) is 53.1 Å². The van der Waals surface area contributed by atoms with Crippen LogP contribution in [-0.4, -0.2) is 15.5 Å². The average molecular weight is 306 g/mol. The van der Waals surface area contributed by atoms with Crippen LogP contribution in [0.15, 0.2) is 41.3 Å². The first-order valence-electron chi connectivity index (χ1n) is 6.49. The molecular weight excluding hydrogens is 288 g/mol. The summed E-state index contributed by atoms with van der Waals surface area (Å²) in [6.45, 7) is 5.57. The largest absolute Gasteiger partial charge is 0.496 e. The quantitative estimate of drug-likeness (QED) is 0.813. The zero-order valence-corrected chi connectivity index (χ0v) is 13.3. The van der Waals surface area contributed by atoms with Crippen molar-refractivity contribution in [1.82, 2.24) is 0 Å². The zero-order chi connectivity index (χ0) is 15.6. The molecule has 5 heteroatoms. The van der Waals surface area contributed by atoms with E-state index in [0.717, 1.165) is 16.7 Å². The summed E-state index contributed by atoms with van der Waals surface area (Å²) in [6, 6.07) is 9.98. The molecule has 0 saturated heterocycles. The van der Waals surface area contributed by atoms with Crippen molar-refractivity contribution < 1.29 is 17.3 Å². The van der Waals surface area contributed by atoms with E-state index in [-0.39, 0.29) is 4.90 Å². The fraction of sp³-hybridized carbons (Fsp3) is 0.250. The lowest BCUT2D eigenvalue weighted by molar-refractivity contribution is 0.411. The Morgan fingerprint density at radius 1 is 0.905 bits per heavy atom. The lowest BCUT2D eigenvalue weighted by Gasteiger charge is -2.10. The number of rotatable bonds is 4. The van der Waals surface area contributed by atoms with Crippen molar-refractivity contribution in [2.24, 2.45) is 0 Å². The maximum Gasteiger partial charge on any atom is 0.339 e. The lowest BCUT2D eigenvalue weighted by Crippen LogP contribution is -2.10. The number of hydrogen-bond donors (Lipinski definition) is 0. The standard InChI is InChI=1S/C16H18O4S/c1-11-7-12(2)9-14(8-11)20-21(17,18)15-5-6-16(19-4)13(3)10-15/h5-10H,1-4H3. The summed E-state index contributed by atoms with van der Waals surface area (Å²) in [5, 5.41) is 0. The summed E-state index contributed by atoms with van der Waals surface area (Å²) in [7, 11) is -2.31. The Kier molecular flexibility index (Phi) is 4.23. The minimum absolute atomic E-state index is 0.111. The van der Waals surface area contributed by atoms with Crippen molar-refractivity contribution in [2.45, 2.75) is 25.7 Å². The van der Waals surface area contributed by atoms with Crippen LogP contribution in [0.4, 0.5) is 0 Å². The Morgan fingerprint density at radius 3 is 2.05 bits per heavy atom. The second-order valence-corrected chi connectivity index (χ2v) is 6.54. The Hall–Kier alpha value is -2.01. The van der Waals surface area contributed by atoms with Gasteiger partial charge in [-0.05, 0) is 67.8 Å². The van der Waals surface area contributed by atoms with E-state index < -0.39 is 10.1 Å². The first kappa shape index (κ1) is 15.4. The summed E-state index contributed by atoms with van der Waals surface area (Å²) in [4.78, 5) is 0.111. The third kappa shape index (κ3) is 3.55. The van der Waals surface area contributed by atoms with Gasteiger partial charge in [0.25, 0.3) is 0 Å². The van der Waals surface area contributed by atoms with Crippen LogP contribution in [0.5, 0.6) is 11.5 Å². The van der Waals surface area contributed by atoms with Crippen LogP contribution in [0.2, 0.25) is 0 Å². The van der Waals surface area contributed by atoms with Crippen LogP contribution in [0.3, 0.4) is 0 Å². The number of methoxy groups -OCH3 is 1. The fourth-order valence-electron chi connectivity index (χ4n) is 2.16. The Morgan fingerprint density at radius 2 is 1.52 bits per heavy atom. The molecule has 0 bridgehead atoms. The molecule has 21 heavy (non-hydrogen) atoms. The Balaban J connectivity index is 2.36. The van der Waals surface area contributed by atoms with Crippen molar-refractivity contribution in [2.75, 3.05) is 7.11 Å². The van der Waals surface area contributed by atoms with Gasteiger partial charge >= 0.3 is 10.1 Å². The first-order chi connectivity index (χ1) is 9.81. The third-order valence-corrected chi connectivity index (χ3v) is 4.30. The molecule has 0 saturated carbocycles. The predicted octanol–water partition coefficient (Wildman–Crippen LogP) is 3.39. The van der Waals surface area contributed by atoms with Gasteiger partial charge in [0, 0.05) is 0 Å². The molecule has 2 aromatic carbocycles. The summed E-state index contributed by atoms with van der Waals surface area (Å²) in [5.74, 6) is 0.960. The molecule has 0 aliphatic heterocycles. The number of aryl methyl sites for hydroxylation is 3. The summed E-state index contributed by atoms with van der Waals surface area (Å²) >= 11 is 0. The predicted molar refractivity (Wildman–Crippen MR) is 81.5 cm³/mol. The Labute approximate surface area is 125 Å². The molecule has 2 rings (SSSR count). The van der Waals surface area contributed by atoms with Crippen molar-refractivity contribution in [1.29, 1.82) is 0 Å². The molecule has 0 aliphatic carbocycles. The highest BCUT2D eigenvalue weighted by Crippen LogP contribution is 2.25. The van der Waals surface area contributed by atoms with Crippen molar-refractivity contribution in [3.63, 3.8) is 0 Å². The van der Waals surface area contributed by atoms with Gasteiger partial charge in [-0.2, -0.15) is 8.42 Å². The second kappa shape index (κ2) is 5.77. The van der Waals surface area contributed by atoms with E-state index in [1.807, 2.05) is 19.9 Å². The SMILES string of the molecule is COc1ccc(S(=O)(=O)Oc2cc(C)cc(C)c2)cc1C. The number of hydrogen-bond acceptors (Lipinski definition) is 4.